The van der Waals surface area contributed by atoms with Gasteiger partial charge in [0.25, 0.3) is 0 Å². The van der Waals surface area contributed by atoms with Crippen LogP contribution in [0.5, 0.6) is 0 Å². The number of nitrogens with zero attached hydrogens (tertiary/aromatic N) is 1. The first-order valence-corrected chi connectivity index (χ1v) is 8.39. The standard InChI is InChI=1S/C13H13ClN2O2S2/c14-11-2-1-10(20-11)9-7-19-13(15-9)16-12(17)8-3-5-18-6-4-8/h1-2,7-8H,3-6H2,(H,15,16,17). The lowest BCUT2D eigenvalue weighted by Crippen LogP contribution is -2.28. The third-order valence-electron chi connectivity index (χ3n) is 3.15. The maximum absolute atomic E-state index is 12.1. The maximum atomic E-state index is 12.1. The Labute approximate surface area is 129 Å². The molecule has 0 radical (unpaired) electrons. The van der Waals surface area contributed by atoms with Gasteiger partial charge in [0.1, 0.15) is 0 Å². The highest BCUT2D eigenvalue weighted by Gasteiger charge is 2.22. The van der Waals surface area contributed by atoms with Crippen molar-refractivity contribution in [2.75, 3.05) is 18.5 Å². The summed E-state index contributed by atoms with van der Waals surface area (Å²) in [5, 5.41) is 5.47. The fraction of sp³-hybridized carbons (Fsp3) is 0.385. The van der Waals surface area contributed by atoms with Crippen LogP contribution in [0.2, 0.25) is 4.34 Å². The third-order valence-corrected chi connectivity index (χ3v) is 5.16. The molecule has 1 saturated heterocycles. The summed E-state index contributed by atoms with van der Waals surface area (Å²) in [5.74, 6) is 0.0747. The number of carbonyl (C=O) groups is 1. The molecule has 0 aliphatic carbocycles. The van der Waals surface area contributed by atoms with Crippen LogP contribution in [0.1, 0.15) is 12.8 Å². The van der Waals surface area contributed by atoms with Crippen LogP contribution in [0.4, 0.5) is 5.13 Å². The molecular weight excluding hydrogens is 316 g/mol. The van der Waals surface area contributed by atoms with Crippen molar-refractivity contribution < 1.29 is 9.53 Å². The first kappa shape index (κ1) is 14.0. The number of nitrogens with one attached hydrogen (secondary N) is 1. The van der Waals surface area contributed by atoms with Gasteiger partial charge in [-0.2, -0.15) is 0 Å². The molecule has 4 nitrogen and oxygen atoms in total. The van der Waals surface area contributed by atoms with Crippen LogP contribution < -0.4 is 5.32 Å². The van der Waals surface area contributed by atoms with Crippen LogP contribution in [0.25, 0.3) is 10.6 Å². The number of ether oxygens (including phenoxy) is 1. The monoisotopic (exact) mass is 328 g/mol. The minimum Gasteiger partial charge on any atom is -0.381 e. The van der Waals surface area contributed by atoms with Gasteiger partial charge in [-0.1, -0.05) is 11.6 Å². The predicted octanol–water partition coefficient (Wildman–Crippen LogP) is 3.89. The minimum atomic E-state index is 0.0345. The van der Waals surface area contributed by atoms with Gasteiger partial charge in [0.05, 0.1) is 14.9 Å². The smallest absolute Gasteiger partial charge is 0.229 e. The zero-order chi connectivity index (χ0) is 13.9. The number of halogens is 1. The number of anilines is 1. The summed E-state index contributed by atoms with van der Waals surface area (Å²) in [4.78, 5) is 17.5. The summed E-state index contributed by atoms with van der Waals surface area (Å²) in [6.07, 6.45) is 1.56. The summed E-state index contributed by atoms with van der Waals surface area (Å²) in [6, 6.07) is 3.79. The van der Waals surface area contributed by atoms with Crippen LogP contribution in [0.15, 0.2) is 17.5 Å². The Kier molecular flexibility index (Phi) is 4.35. The van der Waals surface area contributed by atoms with E-state index >= 15 is 0 Å². The molecule has 1 N–H and O–H groups in total. The first-order chi connectivity index (χ1) is 9.72. The van der Waals surface area contributed by atoms with Gasteiger partial charge in [-0.15, -0.1) is 22.7 Å². The molecule has 20 heavy (non-hydrogen) atoms. The largest absolute Gasteiger partial charge is 0.381 e. The molecule has 2 aromatic rings. The van der Waals surface area contributed by atoms with Gasteiger partial charge in [-0.25, -0.2) is 4.98 Å². The predicted molar refractivity (Wildman–Crippen MR) is 82.6 cm³/mol. The van der Waals surface area contributed by atoms with Gasteiger partial charge >= 0.3 is 0 Å². The lowest BCUT2D eigenvalue weighted by molar-refractivity contribution is -0.122. The van der Waals surface area contributed by atoms with Crippen molar-refractivity contribution in [3.63, 3.8) is 0 Å². The number of thiazole rings is 1. The normalized spacial score (nSPS) is 16.2. The zero-order valence-corrected chi connectivity index (χ0v) is 13.0. The van der Waals surface area contributed by atoms with Gasteiger partial charge in [0.15, 0.2) is 5.13 Å². The second-order valence-corrected chi connectivity index (χ2v) is 7.09. The molecule has 3 heterocycles. The van der Waals surface area contributed by atoms with Crippen molar-refractivity contribution in [2.45, 2.75) is 12.8 Å². The van der Waals surface area contributed by atoms with E-state index in [0.717, 1.165) is 27.7 Å². The summed E-state index contributed by atoms with van der Waals surface area (Å²) < 4.78 is 6.00. The second kappa shape index (κ2) is 6.22. The number of hydrogen-bond acceptors (Lipinski definition) is 5. The summed E-state index contributed by atoms with van der Waals surface area (Å²) in [5.41, 5.74) is 0.856. The van der Waals surface area contributed by atoms with Crippen LogP contribution >= 0.6 is 34.3 Å². The summed E-state index contributed by atoms with van der Waals surface area (Å²) in [6.45, 7) is 1.32. The van der Waals surface area contributed by atoms with E-state index in [1.54, 1.807) is 0 Å². The third kappa shape index (κ3) is 3.20. The molecule has 1 aliphatic rings. The maximum Gasteiger partial charge on any atom is 0.229 e. The Hall–Kier alpha value is -0.950. The van der Waals surface area contributed by atoms with E-state index in [0.29, 0.717) is 18.3 Å². The Morgan fingerprint density at radius 2 is 2.20 bits per heavy atom. The van der Waals surface area contributed by atoms with E-state index < -0.39 is 0 Å². The Balaban J connectivity index is 1.66. The molecule has 2 aromatic heterocycles. The quantitative estimate of drug-likeness (QED) is 0.930. The van der Waals surface area contributed by atoms with E-state index in [9.17, 15) is 4.79 Å². The van der Waals surface area contributed by atoms with Crippen molar-refractivity contribution in [1.82, 2.24) is 4.98 Å². The Bertz CT molecular complexity index is 605. The average Bonchev–Trinajstić information content (AvgIpc) is 3.09. The fourth-order valence-corrected chi connectivity index (χ4v) is 3.86. The SMILES string of the molecule is O=C(Nc1nc(-c2ccc(Cl)s2)cs1)C1CCOCC1. The van der Waals surface area contributed by atoms with Crippen LogP contribution in [-0.2, 0) is 9.53 Å². The highest BCUT2D eigenvalue weighted by Crippen LogP contribution is 2.33. The average molecular weight is 329 g/mol. The van der Waals surface area contributed by atoms with Crippen molar-refractivity contribution in [1.29, 1.82) is 0 Å². The molecule has 7 heteroatoms. The molecule has 106 valence electrons. The van der Waals surface area contributed by atoms with Gasteiger partial charge < -0.3 is 10.1 Å². The van der Waals surface area contributed by atoms with Crippen LogP contribution in [0.3, 0.4) is 0 Å². The number of amides is 1. The molecule has 1 aliphatic heterocycles. The molecular formula is C13H13ClN2O2S2. The lowest BCUT2D eigenvalue weighted by atomic mass is 10.00. The molecule has 3 rings (SSSR count). The van der Waals surface area contributed by atoms with E-state index in [-0.39, 0.29) is 11.8 Å². The number of carbonyl (C=O) groups excluding carboxylic acids is 1. The fourth-order valence-electron chi connectivity index (χ4n) is 2.06. The number of aromatic nitrogens is 1. The van der Waals surface area contributed by atoms with Crippen molar-refractivity contribution in [2.24, 2.45) is 5.92 Å². The van der Waals surface area contributed by atoms with Gasteiger partial charge in [-0.05, 0) is 25.0 Å². The van der Waals surface area contributed by atoms with E-state index in [4.69, 9.17) is 16.3 Å². The lowest BCUT2D eigenvalue weighted by Gasteiger charge is -2.20. The van der Waals surface area contributed by atoms with Gasteiger partial charge in [0.2, 0.25) is 5.91 Å². The van der Waals surface area contributed by atoms with E-state index in [2.05, 4.69) is 10.3 Å². The highest BCUT2D eigenvalue weighted by molar-refractivity contribution is 7.20. The molecule has 0 atom stereocenters. The molecule has 1 fully saturated rings. The Morgan fingerprint density at radius 3 is 2.90 bits per heavy atom. The highest BCUT2D eigenvalue weighted by atomic mass is 35.5. The van der Waals surface area contributed by atoms with Crippen LogP contribution in [0, 0.1) is 5.92 Å². The van der Waals surface area contributed by atoms with E-state index in [1.165, 1.54) is 22.7 Å². The number of hydrogen-bond donors (Lipinski definition) is 1. The number of rotatable bonds is 3. The number of thiophene rings is 1. The molecule has 0 spiro atoms. The van der Waals surface area contributed by atoms with Crippen molar-refractivity contribution in [3.8, 4) is 10.6 Å². The van der Waals surface area contributed by atoms with Gasteiger partial charge in [0, 0.05) is 24.5 Å². The molecule has 0 unspecified atom stereocenters. The summed E-state index contributed by atoms with van der Waals surface area (Å²) >= 11 is 8.83. The van der Waals surface area contributed by atoms with Gasteiger partial charge in [-0.3, -0.25) is 4.79 Å². The van der Waals surface area contributed by atoms with E-state index in [1.807, 2.05) is 17.5 Å². The minimum absolute atomic E-state index is 0.0345. The second-order valence-electron chi connectivity index (χ2n) is 4.52. The topological polar surface area (TPSA) is 51.2 Å². The Morgan fingerprint density at radius 1 is 1.40 bits per heavy atom. The van der Waals surface area contributed by atoms with Crippen molar-refractivity contribution in [3.05, 3.63) is 21.8 Å². The first-order valence-electron chi connectivity index (χ1n) is 6.32. The van der Waals surface area contributed by atoms with Crippen molar-refractivity contribution >= 4 is 45.3 Å². The molecule has 0 bridgehead atoms. The van der Waals surface area contributed by atoms with Crippen LogP contribution in [-0.4, -0.2) is 24.1 Å². The molecule has 0 saturated carbocycles. The summed E-state index contributed by atoms with van der Waals surface area (Å²) in [7, 11) is 0. The molecule has 0 aromatic carbocycles. The molecule has 1 amide bonds. The zero-order valence-electron chi connectivity index (χ0n) is 10.6.